The molecule has 8 nitrogen and oxygen atoms in total. The van der Waals surface area contributed by atoms with Crippen LogP contribution in [-0.2, 0) is 0 Å². The Morgan fingerprint density at radius 2 is 2.22 bits per heavy atom. The summed E-state index contributed by atoms with van der Waals surface area (Å²) < 4.78 is 4.65. The lowest BCUT2D eigenvalue weighted by atomic mass is 10.2. The van der Waals surface area contributed by atoms with E-state index in [1.165, 1.54) is 18.2 Å². The standard InChI is InChI=1S/C9H4ClN3O5/c10-4-2-1-3-5(13(16)17)6(4)8-11-7(9(14)15)12-18-8/h1-3H,(H,14,15). The summed E-state index contributed by atoms with van der Waals surface area (Å²) in [6.45, 7) is 0. The molecule has 1 N–H and O–H groups in total. The van der Waals surface area contributed by atoms with Crippen molar-refractivity contribution in [3.63, 3.8) is 0 Å². The number of carboxylic acid groups (broad SMARTS) is 1. The van der Waals surface area contributed by atoms with Crippen LogP contribution in [0.2, 0.25) is 5.02 Å². The highest BCUT2D eigenvalue weighted by atomic mass is 35.5. The van der Waals surface area contributed by atoms with E-state index in [4.69, 9.17) is 16.7 Å². The lowest BCUT2D eigenvalue weighted by molar-refractivity contribution is -0.384. The Morgan fingerprint density at radius 3 is 2.78 bits per heavy atom. The van der Waals surface area contributed by atoms with E-state index < -0.39 is 16.7 Å². The van der Waals surface area contributed by atoms with E-state index >= 15 is 0 Å². The number of carboxylic acids is 1. The van der Waals surface area contributed by atoms with Gasteiger partial charge in [0, 0.05) is 6.07 Å². The maximum atomic E-state index is 10.8. The molecule has 0 radical (unpaired) electrons. The first-order valence-electron chi connectivity index (χ1n) is 4.51. The van der Waals surface area contributed by atoms with Crippen molar-refractivity contribution >= 4 is 23.3 Å². The second kappa shape index (κ2) is 4.41. The minimum Gasteiger partial charge on any atom is -0.475 e. The molecular weight excluding hydrogens is 266 g/mol. The van der Waals surface area contributed by atoms with E-state index in [1.807, 2.05) is 0 Å². The predicted octanol–water partition coefficient (Wildman–Crippen LogP) is 2.00. The van der Waals surface area contributed by atoms with Crippen LogP contribution >= 0.6 is 11.6 Å². The molecule has 1 aromatic heterocycles. The Balaban J connectivity index is 2.62. The van der Waals surface area contributed by atoms with Gasteiger partial charge < -0.3 is 9.63 Å². The van der Waals surface area contributed by atoms with Crippen molar-refractivity contribution in [1.82, 2.24) is 10.1 Å². The Kier molecular flexibility index (Phi) is 2.94. The largest absolute Gasteiger partial charge is 0.475 e. The lowest BCUT2D eigenvalue weighted by Gasteiger charge is -1.99. The summed E-state index contributed by atoms with van der Waals surface area (Å²) in [5.74, 6) is -2.32. The van der Waals surface area contributed by atoms with Crippen LogP contribution in [0.3, 0.4) is 0 Å². The van der Waals surface area contributed by atoms with Gasteiger partial charge in [-0.25, -0.2) is 4.79 Å². The molecule has 2 aromatic rings. The number of carbonyl (C=O) groups is 1. The molecule has 9 heteroatoms. The molecule has 92 valence electrons. The zero-order valence-electron chi connectivity index (χ0n) is 8.53. The molecule has 0 unspecified atom stereocenters. The number of halogens is 1. The lowest BCUT2D eigenvalue weighted by Crippen LogP contribution is -1.98. The molecular formula is C9H4ClN3O5. The second-order valence-corrected chi connectivity index (χ2v) is 3.53. The highest BCUT2D eigenvalue weighted by Crippen LogP contribution is 2.34. The number of nitrogens with zero attached hydrogens (tertiary/aromatic N) is 3. The zero-order valence-corrected chi connectivity index (χ0v) is 9.29. The Labute approximate surface area is 104 Å². The first kappa shape index (κ1) is 12.0. The van der Waals surface area contributed by atoms with E-state index in [9.17, 15) is 14.9 Å². The summed E-state index contributed by atoms with van der Waals surface area (Å²) >= 11 is 5.82. The monoisotopic (exact) mass is 269 g/mol. The minimum absolute atomic E-state index is 0.0183. The highest BCUT2D eigenvalue weighted by Gasteiger charge is 2.24. The number of hydrogen-bond acceptors (Lipinski definition) is 6. The van der Waals surface area contributed by atoms with Gasteiger partial charge in [0.1, 0.15) is 5.56 Å². The number of nitro benzene ring substituents is 1. The average Bonchev–Trinajstić information content (AvgIpc) is 2.77. The van der Waals surface area contributed by atoms with Crippen molar-refractivity contribution in [2.45, 2.75) is 0 Å². The maximum absolute atomic E-state index is 10.8. The number of benzene rings is 1. The van der Waals surface area contributed by atoms with Gasteiger partial charge in [0.05, 0.1) is 9.95 Å². The topological polar surface area (TPSA) is 119 Å². The smallest absolute Gasteiger partial charge is 0.377 e. The molecule has 2 rings (SSSR count). The van der Waals surface area contributed by atoms with Crippen molar-refractivity contribution in [2.75, 3.05) is 0 Å². The van der Waals surface area contributed by atoms with Gasteiger partial charge in [0.15, 0.2) is 0 Å². The zero-order chi connectivity index (χ0) is 13.3. The number of nitro groups is 1. The van der Waals surface area contributed by atoms with Crippen molar-refractivity contribution in [1.29, 1.82) is 0 Å². The van der Waals surface area contributed by atoms with Gasteiger partial charge >= 0.3 is 5.97 Å². The quantitative estimate of drug-likeness (QED) is 0.668. The molecule has 1 heterocycles. The van der Waals surface area contributed by atoms with Gasteiger partial charge in [-0.15, -0.1) is 0 Å². The van der Waals surface area contributed by atoms with Gasteiger partial charge in [-0.3, -0.25) is 10.1 Å². The van der Waals surface area contributed by atoms with Crippen LogP contribution in [-0.4, -0.2) is 26.1 Å². The number of hydrogen-bond donors (Lipinski definition) is 1. The second-order valence-electron chi connectivity index (χ2n) is 3.12. The number of rotatable bonds is 3. The van der Waals surface area contributed by atoms with E-state index in [2.05, 4.69) is 14.7 Å². The Hall–Kier alpha value is -2.48. The van der Waals surface area contributed by atoms with E-state index in [0.29, 0.717) is 0 Å². The van der Waals surface area contributed by atoms with Gasteiger partial charge in [-0.1, -0.05) is 17.7 Å². The molecule has 0 aliphatic heterocycles. The summed E-state index contributed by atoms with van der Waals surface area (Å²) in [4.78, 5) is 24.3. The van der Waals surface area contributed by atoms with Gasteiger partial charge in [0.25, 0.3) is 17.4 Å². The summed E-state index contributed by atoms with van der Waals surface area (Å²) in [6, 6.07) is 3.98. The van der Waals surface area contributed by atoms with Crippen molar-refractivity contribution in [3.05, 3.63) is 39.2 Å². The van der Waals surface area contributed by atoms with Crippen molar-refractivity contribution in [2.24, 2.45) is 0 Å². The fraction of sp³-hybridized carbons (Fsp3) is 0. The summed E-state index contributed by atoms with van der Waals surface area (Å²) in [7, 11) is 0. The van der Waals surface area contributed by atoms with Crippen molar-refractivity contribution < 1.29 is 19.3 Å². The van der Waals surface area contributed by atoms with E-state index in [-0.39, 0.29) is 22.2 Å². The Bertz CT molecular complexity index is 639. The molecule has 0 fully saturated rings. The third-order valence-corrected chi connectivity index (χ3v) is 2.33. The molecule has 0 amide bonds. The molecule has 0 atom stereocenters. The van der Waals surface area contributed by atoms with Crippen LogP contribution < -0.4 is 0 Å². The molecule has 0 spiro atoms. The third kappa shape index (κ3) is 2.00. The molecule has 1 aromatic carbocycles. The Morgan fingerprint density at radius 1 is 1.50 bits per heavy atom. The van der Waals surface area contributed by atoms with Gasteiger partial charge in [0.2, 0.25) is 0 Å². The highest BCUT2D eigenvalue weighted by molar-refractivity contribution is 6.33. The molecule has 18 heavy (non-hydrogen) atoms. The fourth-order valence-electron chi connectivity index (χ4n) is 1.29. The number of aromatic carboxylic acids is 1. The summed E-state index contributed by atoms with van der Waals surface area (Å²) in [5.41, 5.74) is -0.452. The normalized spacial score (nSPS) is 10.3. The van der Waals surface area contributed by atoms with Crippen LogP contribution in [0.15, 0.2) is 22.7 Å². The SMILES string of the molecule is O=C(O)c1noc(-c2c(Cl)cccc2[N+](=O)[O-])n1. The predicted molar refractivity (Wildman–Crippen MR) is 58.4 cm³/mol. The van der Waals surface area contributed by atoms with E-state index in [1.54, 1.807) is 0 Å². The minimum atomic E-state index is -1.40. The third-order valence-electron chi connectivity index (χ3n) is 2.02. The van der Waals surface area contributed by atoms with Gasteiger partial charge in [-0.05, 0) is 11.2 Å². The first-order valence-corrected chi connectivity index (χ1v) is 4.88. The van der Waals surface area contributed by atoms with Crippen LogP contribution in [0, 0.1) is 10.1 Å². The maximum Gasteiger partial charge on any atom is 0.377 e. The summed E-state index contributed by atoms with van der Waals surface area (Å²) in [5, 5.41) is 22.7. The summed E-state index contributed by atoms with van der Waals surface area (Å²) in [6.07, 6.45) is 0. The van der Waals surface area contributed by atoms with Crippen LogP contribution in [0.25, 0.3) is 11.5 Å². The fourth-order valence-corrected chi connectivity index (χ4v) is 1.54. The molecule has 0 aliphatic carbocycles. The number of aromatic nitrogens is 2. The molecule has 0 saturated heterocycles. The van der Waals surface area contributed by atoms with Crippen LogP contribution in [0.1, 0.15) is 10.6 Å². The van der Waals surface area contributed by atoms with Gasteiger partial charge in [-0.2, -0.15) is 4.98 Å². The van der Waals surface area contributed by atoms with Crippen LogP contribution in [0.4, 0.5) is 5.69 Å². The molecule has 0 saturated carbocycles. The van der Waals surface area contributed by atoms with Crippen LogP contribution in [0.5, 0.6) is 0 Å². The molecule has 0 bridgehead atoms. The first-order chi connectivity index (χ1) is 8.50. The van der Waals surface area contributed by atoms with E-state index in [0.717, 1.165) is 0 Å². The molecule has 0 aliphatic rings. The average molecular weight is 270 g/mol. The van der Waals surface area contributed by atoms with Crippen molar-refractivity contribution in [3.8, 4) is 11.5 Å².